The molecule has 0 fully saturated rings. The molecule has 0 spiro atoms. The highest BCUT2D eigenvalue weighted by Gasteiger charge is 2.14. The molecule has 0 aliphatic rings. The molecular weight excluding hydrogens is 320 g/mol. The van der Waals surface area contributed by atoms with E-state index < -0.39 is 0 Å². The predicted octanol–water partition coefficient (Wildman–Crippen LogP) is 2.80. The molecule has 2 N–H and O–H groups in total. The second-order valence-corrected chi connectivity index (χ2v) is 6.67. The number of hydrogen-bond donors (Lipinski definition) is 2. The van der Waals surface area contributed by atoms with Gasteiger partial charge in [-0.15, -0.1) is 0 Å². The maximum atomic E-state index is 5.77. The molecule has 0 atom stereocenters. The SMILES string of the molecule is CCNc1nc(NCC)nc(N(COCC(C)C)COCC(C)C)n1. The number of ether oxygens (including phenoxy) is 2. The molecule has 8 nitrogen and oxygen atoms in total. The Balaban J connectivity index is 2.91. The van der Waals surface area contributed by atoms with Crippen LogP contribution in [0.15, 0.2) is 0 Å². The van der Waals surface area contributed by atoms with Crippen molar-refractivity contribution in [1.29, 1.82) is 0 Å². The Morgan fingerprint density at radius 3 is 1.60 bits per heavy atom. The van der Waals surface area contributed by atoms with Gasteiger partial charge < -0.3 is 20.1 Å². The summed E-state index contributed by atoms with van der Waals surface area (Å²) in [6, 6.07) is 0. The molecule has 0 aromatic carbocycles. The van der Waals surface area contributed by atoms with Gasteiger partial charge >= 0.3 is 0 Å². The minimum absolute atomic E-state index is 0.372. The van der Waals surface area contributed by atoms with Crippen LogP contribution < -0.4 is 15.5 Å². The number of nitrogens with one attached hydrogen (secondary N) is 2. The van der Waals surface area contributed by atoms with Gasteiger partial charge in [0.15, 0.2) is 0 Å². The summed E-state index contributed by atoms with van der Waals surface area (Å²) in [7, 11) is 0. The van der Waals surface area contributed by atoms with Crippen molar-refractivity contribution in [2.75, 3.05) is 55.3 Å². The molecule has 0 saturated heterocycles. The number of nitrogens with zero attached hydrogens (tertiary/aromatic N) is 4. The van der Waals surface area contributed by atoms with Gasteiger partial charge in [0.1, 0.15) is 13.5 Å². The highest BCUT2D eigenvalue weighted by Crippen LogP contribution is 2.14. The van der Waals surface area contributed by atoms with Gasteiger partial charge in [-0.25, -0.2) is 0 Å². The van der Waals surface area contributed by atoms with Gasteiger partial charge in [-0.05, 0) is 25.7 Å². The van der Waals surface area contributed by atoms with Crippen LogP contribution in [-0.2, 0) is 9.47 Å². The third-order valence-electron chi connectivity index (χ3n) is 2.97. The molecule has 25 heavy (non-hydrogen) atoms. The number of aromatic nitrogens is 3. The Morgan fingerprint density at radius 1 is 0.800 bits per heavy atom. The zero-order chi connectivity index (χ0) is 18.7. The summed E-state index contributed by atoms with van der Waals surface area (Å²) in [5.41, 5.74) is 0. The van der Waals surface area contributed by atoms with Crippen molar-refractivity contribution in [3.63, 3.8) is 0 Å². The van der Waals surface area contributed by atoms with Gasteiger partial charge in [0, 0.05) is 13.1 Å². The minimum Gasteiger partial charge on any atom is -0.361 e. The Kier molecular flexibility index (Phi) is 10.1. The van der Waals surface area contributed by atoms with Crippen LogP contribution in [0.3, 0.4) is 0 Å². The second-order valence-electron chi connectivity index (χ2n) is 6.67. The van der Waals surface area contributed by atoms with E-state index in [0.717, 1.165) is 13.1 Å². The Morgan fingerprint density at radius 2 is 1.24 bits per heavy atom. The Labute approximate surface area is 151 Å². The first-order valence-electron chi connectivity index (χ1n) is 9.10. The van der Waals surface area contributed by atoms with E-state index in [9.17, 15) is 0 Å². The van der Waals surface area contributed by atoms with E-state index in [1.54, 1.807) is 0 Å². The number of hydrogen-bond acceptors (Lipinski definition) is 8. The fourth-order valence-corrected chi connectivity index (χ4v) is 1.93. The first kappa shape index (κ1) is 21.4. The van der Waals surface area contributed by atoms with Crippen molar-refractivity contribution in [3.8, 4) is 0 Å². The highest BCUT2D eigenvalue weighted by atomic mass is 16.5. The normalized spacial score (nSPS) is 11.2. The quantitative estimate of drug-likeness (QED) is 0.523. The molecule has 1 aromatic rings. The van der Waals surface area contributed by atoms with Gasteiger partial charge in [-0.2, -0.15) is 15.0 Å². The summed E-state index contributed by atoms with van der Waals surface area (Å²) in [6.07, 6.45) is 0. The van der Waals surface area contributed by atoms with Crippen molar-refractivity contribution < 1.29 is 9.47 Å². The van der Waals surface area contributed by atoms with E-state index in [1.165, 1.54) is 0 Å². The lowest BCUT2D eigenvalue weighted by Crippen LogP contribution is -2.32. The average Bonchev–Trinajstić information content (AvgIpc) is 2.53. The smallest absolute Gasteiger partial charge is 0.235 e. The van der Waals surface area contributed by atoms with Gasteiger partial charge in [0.25, 0.3) is 0 Å². The monoisotopic (exact) mass is 354 g/mol. The summed E-state index contributed by atoms with van der Waals surface area (Å²) >= 11 is 0. The fourth-order valence-electron chi connectivity index (χ4n) is 1.93. The lowest BCUT2D eigenvalue weighted by molar-refractivity contribution is 0.0636. The van der Waals surface area contributed by atoms with Crippen molar-refractivity contribution in [2.24, 2.45) is 11.8 Å². The highest BCUT2D eigenvalue weighted by molar-refractivity contribution is 5.43. The Bertz CT molecular complexity index is 446. The van der Waals surface area contributed by atoms with Crippen LogP contribution in [0.2, 0.25) is 0 Å². The third kappa shape index (κ3) is 8.83. The summed E-state index contributed by atoms with van der Waals surface area (Å²) in [4.78, 5) is 15.2. The van der Waals surface area contributed by atoms with Crippen LogP contribution in [0.4, 0.5) is 17.8 Å². The maximum Gasteiger partial charge on any atom is 0.235 e. The second kappa shape index (κ2) is 11.8. The van der Waals surface area contributed by atoms with Crippen LogP contribution in [0.1, 0.15) is 41.5 Å². The van der Waals surface area contributed by atoms with Crippen LogP contribution in [0.5, 0.6) is 0 Å². The molecule has 0 aliphatic carbocycles. The molecule has 1 aromatic heterocycles. The van der Waals surface area contributed by atoms with E-state index in [4.69, 9.17) is 9.47 Å². The van der Waals surface area contributed by atoms with E-state index in [-0.39, 0.29) is 0 Å². The number of anilines is 3. The van der Waals surface area contributed by atoms with Gasteiger partial charge in [0.2, 0.25) is 17.8 Å². The molecule has 0 saturated carbocycles. The zero-order valence-corrected chi connectivity index (χ0v) is 16.5. The molecule has 0 unspecified atom stereocenters. The van der Waals surface area contributed by atoms with Gasteiger partial charge in [-0.3, -0.25) is 4.90 Å². The van der Waals surface area contributed by atoms with Crippen LogP contribution in [-0.4, -0.2) is 54.7 Å². The third-order valence-corrected chi connectivity index (χ3v) is 2.97. The standard InChI is InChI=1S/C17H34N6O2/c1-7-18-15-20-16(19-8-2)22-17(21-15)23(11-24-9-13(3)4)12-25-10-14(5)6/h13-14H,7-12H2,1-6H3,(H2,18,19,20,21,22). The fraction of sp³-hybridized carbons (Fsp3) is 0.824. The lowest BCUT2D eigenvalue weighted by Gasteiger charge is -2.24. The summed E-state index contributed by atoms with van der Waals surface area (Å²) in [5, 5.41) is 6.28. The van der Waals surface area contributed by atoms with E-state index >= 15 is 0 Å². The average molecular weight is 354 g/mol. The van der Waals surface area contributed by atoms with Crippen molar-refractivity contribution >= 4 is 17.8 Å². The van der Waals surface area contributed by atoms with Crippen molar-refractivity contribution in [2.45, 2.75) is 41.5 Å². The molecule has 1 heterocycles. The molecule has 0 amide bonds. The van der Waals surface area contributed by atoms with Crippen LogP contribution >= 0.6 is 0 Å². The van der Waals surface area contributed by atoms with E-state index in [2.05, 4.69) is 53.3 Å². The van der Waals surface area contributed by atoms with Crippen molar-refractivity contribution in [1.82, 2.24) is 15.0 Å². The first-order chi connectivity index (χ1) is 12.0. The topological polar surface area (TPSA) is 84.4 Å². The molecule has 0 radical (unpaired) electrons. The summed E-state index contributed by atoms with van der Waals surface area (Å²) < 4.78 is 11.5. The minimum atomic E-state index is 0.372. The lowest BCUT2D eigenvalue weighted by atomic mass is 10.2. The van der Waals surface area contributed by atoms with Gasteiger partial charge in [0.05, 0.1) is 13.2 Å². The van der Waals surface area contributed by atoms with Crippen LogP contribution in [0.25, 0.3) is 0 Å². The van der Waals surface area contributed by atoms with E-state index in [1.807, 2.05) is 18.7 Å². The molecular formula is C17H34N6O2. The molecule has 1 rings (SSSR count). The zero-order valence-electron chi connectivity index (χ0n) is 16.5. The molecule has 0 bridgehead atoms. The van der Waals surface area contributed by atoms with Gasteiger partial charge in [-0.1, -0.05) is 27.7 Å². The van der Waals surface area contributed by atoms with Crippen LogP contribution in [0, 0.1) is 11.8 Å². The predicted molar refractivity (Wildman–Crippen MR) is 102 cm³/mol. The Hall–Kier alpha value is -1.67. The first-order valence-corrected chi connectivity index (χ1v) is 9.10. The molecule has 144 valence electrons. The van der Waals surface area contributed by atoms with Crippen molar-refractivity contribution in [3.05, 3.63) is 0 Å². The largest absolute Gasteiger partial charge is 0.361 e. The summed E-state index contributed by atoms with van der Waals surface area (Å²) in [5.74, 6) is 2.55. The summed E-state index contributed by atoms with van der Waals surface area (Å²) in [6.45, 7) is 16.1. The van der Waals surface area contributed by atoms with E-state index in [0.29, 0.717) is 56.4 Å². The molecule has 0 aliphatic heterocycles. The number of rotatable bonds is 13. The molecule has 8 heteroatoms. The maximum absolute atomic E-state index is 5.77.